The second-order valence-electron chi connectivity index (χ2n) is 7.14. The molecule has 0 radical (unpaired) electrons. The largest absolute Gasteiger partial charge is 0.467 e. The van der Waals surface area contributed by atoms with E-state index in [0.29, 0.717) is 5.56 Å². The van der Waals surface area contributed by atoms with Crippen molar-refractivity contribution >= 4 is 34.4 Å². The minimum Gasteiger partial charge on any atom is -0.467 e. The highest BCUT2D eigenvalue weighted by atomic mass is 35.5. The number of methoxy groups -OCH3 is 1. The van der Waals surface area contributed by atoms with Crippen LogP contribution in [0.1, 0.15) is 25.6 Å². The number of amides is 1. The number of aromatic amines is 1. The Morgan fingerprint density at radius 3 is 2.87 bits per heavy atom. The molecule has 2 aromatic carbocycles. The second kappa shape index (κ2) is 7.25. The summed E-state index contributed by atoms with van der Waals surface area (Å²) < 4.78 is 30.8. The summed E-state index contributed by atoms with van der Waals surface area (Å²) in [7, 11) is 1.29. The molecule has 5 rings (SSSR count). The zero-order chi connectivity index (χ0) is 22.6. The van der Waals surface area contributed by atoms with Crippen LogP contribution in [-0.2, 0) is 20.7 Å². The number of nitrogens with one attached hydrogen (secondary N) is 1. The molecule has 3 aromatic rings. The van der Waals surface area contributed by atoms with Crippen molar-refractivity contribution in [3.8, 4) is 11.5 Å². The first-order valence-electron chi connectivity index (χ1n) is 10.4. The lowest BCUT2D eigenvalue weighted by atomic mass is 9.88. The molecule has 0 saturated carbocycles. The van der Waals surface area contributed by atoms with Crippen LogP contribution in [0.4, 0.5) is 0 Å². The summed E-state index contributed by atoms with van der Waals surface area (Å²) in [4.78, 5) is 30.6. The summed E-state index contributed by atoms with van der Waals surface area (Å²) in [5, 5.41) is 0.955. The van der Waals surface area contributed by atoms with Crippen molar-refractivity contribution in [1.82, 2.24) is 9.88 Å². The fourth-order valence-corrected chi connectivity index (χ4v) is 4.44. The predicted octanol–water partition coefficient (Wildman–Crippen LogP) is 3.15. The number of hydrogen-bond acceptors (Lipinski definition) is 5. The van der Waals surface area contributed by atoms with Crippen molar-refractivity contribution in [3.63, 3.8) is 0 Å². The number of ether oxygens (including phenoxy) is 3. The van der Waals surface area contributed by atoms with Gasteiger partial charge in [0, 0.05) is 23.0 Å². The van der Waals surface area contributed by atoms with Crippen LogP contribution in [0.3, 0.4) is 0 Å². The lowest BCUT2D eigenvalue weighted by Gasteiger charge is -2.40. The summed E-state index contributed by atoms with van der Waals surface area (Å²) in [6.45, 7) is -2.28. The number of para-hydroxylation sites is 1. The molecule has 1 aromatic heterocycles. The molecule has 2 atom stereocenters. The van der Waals surface area contributed by atoms with Gasteiger partial charge in [-0.2, -0.15) is 0 Å². The van der Waals surface area contributed by atoms with E-state index in [1.807, 2.05) is 24.3 Å². The first-order valence-corrected chi connectivity index (χ1v) is 9.93. The van der Waals surface area contributed by atoms with Gasteiger partial charge in [0.1, 0.15) is 14.7 Å². The molecule has 2 aliphatic rings. The van der Waals surface area contributed by atoms with Gasteiger partial charge in [-0.1, -0.05) is 24.3 Å². The SMILES string of the molecule is [2H]C1([2H])Oc2ccc([C@H]3c4[nH]c5ccccc5c4C[C@@H](C(=O)OC)N3C(=O)[13CH2]Cl)cc2O1. The third-order valence-corrected chi connectivity index (χ3v) is 5.82. The molecule has 0 saturated heterocycles. The average Bonchev–Trinajstić information content (AvgIpc) is 3.31. The third-order valence-electron chi connectivity index (χ3n) is 5.59. The van der Waals surface area contributed by atoms with Crippen LogP contribution < -0.4 is 9.47 Å². The van der Waals surface area contributed by atoms with E-state index in [0.717, 1.165) is 22.2 Å². The average molecular weight is 430 g/mol. The van der Waals surface area contributed by atoms with E-state index in [1.165, 1.54) is 12.0 Å². The highest BCUT2D eigenvalue weighted by Gasteiger charge is 2.44. The second-order valence-corrected chi connectivity index (χ2v) is 7.40. The molecule has 0 bridgehead atoms. The lowest BCUT2D eigenvalue weighted by Crippen LogP contribution is -2.52. The number of carbonyl (C=O) groups excluding carboxylic acids is 2. The number of halogens is 1. The number of hydrogen-bond donors (Lipinski definition) is 1. The fraction of sp³-hybridized carbons (Fsp3) is 0.273. The molecule has 30 heavy (non-hydrogen) atoms. The van der Waals surface area contributed by atoms with Gasteiger partial charge < -0.3 is 24.1 Å². The highest BCUT2D eigenvalue weighted by Crippen LogP contribution is 2.44. The van der Waals surface area contributed by atoms with Crippen LogP contribution in [0.2, 0.25) is 0 Å². The maximum absolute atomic E-state index is 13.0. The molecule has 0 fully saturated rings. The van der Waals surface area contributed by atoms with Crippen molar-refractivity contribution in [2.24, 2.45) is 0 Å². The summed E-state index contributed by atoms with van der Waals surface area (Å²) in [6.07, 6.45) is 0.276. The minimum atomic E-state index is -2.28. The molecule has 1 N–H and O–H groups in total. The molecule has 3 heterocycles. The van der Waals surface area contributed by atoms with Gasteiger partial charge in [-0.15, -0.1) is 11.6 Å². The highest BCUT2D eigenvalue weighted by molar-refractivity contribution is 6.27. The predicted molar refractivity (Wildman–Crippen MR) is 110 cm³/mol. The van der Waals surface area contributed by atoms with Crippen molar-refractivity contribution in [1.29, 1.82) is 0 Å². The van der Waals surface area contributed by atoms with Crippen molar-refractivity contribution < 1.29 is 26.5 Å². The van der Waals surface area contributed by atoms with E-state index in [4.69, 9.17) is 28.6 Å². The van der Waals surface area contributed by atoms with E-state index >= 15 is 0 Å². The van der Waals surface area contributed by atoms with Crippen LogP contribution in [0.25, 0.3) is 10.9 Å². The summed E-state index contributed by atoms with van der Waals surface area (Å²) in [5.41, 5.74) is 3.16. The molecular formula is C22H19ClN2O5. The Hall–Kier alpha value is -3.19. The van der Waals surface area contributed by atoms with Gasteiger partial charge in [0.05, 0.1) is 13.2 Å². The van der Waals surface area contributed by atoms with Crippen LogP contribution >= 0.6 is 11.6 Å². The molecule has 0 aliphatic carbocycles. The van der Waals surface area contributed by atoms with Crippen LogP contribution in [-0.4, -0.2) is 47.5 Å². The van der Waals surface area contributed by atoms with Crippen LogP contribution in [0.15, 0.2) is 42.5 Å². The Morgan fingerprint density at radius 2 is 2.07 bits per heavy atom. The number of nitrogens with zero attached hydrogens (tertiary/aromatic N) is 1. The van der Waals surface area contributed by atoms with Gasteiger partial charge in [-0.3, -0.25) is 4.79 Å². The van der Waals surface area contributed by atoms with E-state index in [-0.39, 0.29) is 23.8 Å². The zero-order valence-electron chi connectivity index (χ0n) is 18.0. The maximum Gasteiger partial charge on any atom is 0.328 e. The van der Waals surface area contributed by atoms with Gasteiger partial charge in [0.15, 0.2) is 11.5 Å². The third kappa shape index (κ3) is 2.81. The fourth-order valence-electron chi connectivity index (χ4n) is 4.30. The minimum absolute atomic E-state index is 0.212. The number of fused-ring (bicyclic) bond motifs is 4. The number of esters is 1. The molecule has 7 nitrogen and oxygen atoms in total. The number of alkyl halides is 1. The number of benzene rings is 2. The Kier molecular flexibility index (Phi) is 4.01. The van der Waals surface area contributed by atoms with Crippen molar-refractivity contribution in [2.45, 2.75) is 18.5 Å². The normalized spacial score (nSPS) is 22.3. The van der Waals surface area contributed by atoms with E-state index in [9.17, 15) is 9.59 Å². The van der Waals surface area contributed by atoms with Crippen LogP contribution in [0, 0.1) is 0 Å². The maximum atomic E-state index is 13.0. The number of rotatable bonds is 3. The number of carbonyl (C=O) groups is 2. The first kappa shape index (κ1) is 16.6. The molecule has 0 unspecified atom stereocenters. The van der Waals surface area contributed by atoms with Gasteiger partial charge in [-0.25, -0.2) is 4.79 Å². The van der Waals surface area contributed by atoms with Gasteiger partial charge in [0.25, 0.3) is 0 Å². The molecule has 0 spiro atoms. The topological polar surface area (TPSA) is 80.9 Å². The van der Waals surface area contributed by atoms with Crippen molar-refractivity contribution in [2.75, 3.05) is 19.7 Å². The molecule has 154 valence electrons. The zero-order valence-corrected chi connectivity index (χ0v) is 16.7. The smallest absolute Gasteiger partial charge is 0.328 e. The monoisotopic (exact) mass is 429 g/mol. The molecule has 1 amide bonds. The Balaban J connectivity index is 1.72. The Morgan fingerprint density at radius 1 is 1.27 bits per heavy atom. The van der Waals surface area contributed by atoms with E-state index in [2.05, 4.69) is 4.98 Å². The quantitative estimate of drug-likeness (QED) is 0.393. The number of H-pyrrole nitrogens is 1. The van der Waals surface area contributed by atoms with Gasteiger partial charge in [-0.05, 0) is 29.3 Å². The summed E-state index contributed by atoms with van der Waals surface area (Å²) in [5.74, 6) is -0.812. The van der Waals surface area contributed by atoms with Crippen LogP contribution in [0.5, 0.6) is 11.5 Å². The molecule has 2 aliphatic heterocycles. The molecular weight excluding hydrogens is 409 g/mol. The summed E-state index contributed by atoms with van der Waals surface area (Å²) in [6, 6.07) is 11.1. The Bertz CT molecular complexity index is 1240. The van der Waals surface area contributed by atoms with Gasteiger partial charge in [0.2, 0.25) is 12.7 Å². The Labute approximate surface area is 180 Å². The standard InChI is InChI=1S/C22H19ClN2O5/c1-28-22(27)16-9-14-13-4-2-3-5-15(13)24-20(14)21(25(16)19(26)10-23)12-6-7-17-18(8-12)30-11-29-17/h2-8,16,21,24H,9-11H2,1H3/t16-,21-/m0/s1/i10+1,11D2. The van der Waals surface area contributed by atoms with Gasteiger partial charge >= 0.3 is 5.97 Å². The lowest BCUT2D eigenvalue weighted by molar-refractivity contribution is -0.154. The van der Waals surface area contributed by atoms with Crippen molar-refractivity contribution in [3.05, 3.63) is 59.3 Å². The molecule has 8 heteroatoms. The van der Waals surface area contributed by atoms with E-state index < -0.39 is 30.7 Å². The number of aromatic nitrogens is 1. The van der Waals surface area contributed by atoms with E-state index in [1.54, 1.807) is 18.2 Å². The summed E-state index contributed by atoms with van der Waals surface area (Å²) >= 11 is 5.94. The first-order chi connectivity index (χ1) is 15.3.